The summed E-state index contributed by atoms with van der Waals surface area (Å²) in [6.45, 7) is 11.6. The maximum atomic E-state index is 11.7. The maximum absolute atomic E-state index is 11.7. The van der Waals surface area contributed by atoms with Gasteiger partial charge in [-0.05, 0) is 71.3 Å². The number of unbranched alkanes of at least 4 members (excludes halogenated alkanes) is 1. The highest BCUT2D eigenvalue weighted by atomic mass is 127. The van der Waals surface area contributed by atoms with E-state index in [2.05, 4.69) is 41.4 Å². The first-order valence-corrected chi connectivity index (χ1v) is 11.6. The quantitative estimate of drug-likeness (QED) is 0.213. The highest BCUT2D eigenvalue weighted by molar-refractivity contribution is 14.0. The van der Waals surface area contributed by atoms with Crippen molar-refractivity contribution in [2.24, 2.45) is 4.99 Å². The number of nitrogens with zero attached hydrogens (tertiary/aromatic N) is 2. The van der Waals surface area contributed by atoms with Crippen LogP contribution >= 0.6 is 24.0 Å². The molecule has 0 aliphatic heterocycles. The van der Waals surface area contributed by atoms with Gasteiger partial charge in [0.25, 0.3) is 0 Å². The number of aryl methyl sites for hydroxylation is 1. The number of sulfone groups is 1. The van der Waals surface area contributed by atoms with Crippen LogP contribution < -0.4 is 10.6 Å². The van der Waals surface area contributed by atoms with E-state index in [1.165, 1.54) is 6.26 Å². The molecule has 162 valence electrons. The summed E-state index contributed by atoms with van der Waals surface area (Å²) in [5.41, 5.74) is 1.76. The average Bonchev–Trinajstić information content (AvgIpc) is 2.57. The van der Waals surface area contributed by atoms with Crippen LogP contribution in [0.2, 0.25) is 0 Å². The average molecular weight is 525 g/mol. The van der Waals surface area contributed by atoms with Crippen molar-refractivity contribution in [2.75, 3.05) is 32.9 Å². The van der Waals surface area contributed by atoms with Crippen molar-refractivity contribution in [2.45, 2.75) is 58.0 Å². The largest absolute Gasteiger partial charge is 0.357 e. The molecule has 0 aliphatic carbocycles. The smallest absolute Gasteiger partial charge is 0.191 e. The monoisotopic (exact) mass is 524 g/mol. The molecule has 0 unspecified atom stereocenters. The predicted octanol–water partition coefficient (Wildman–Crippen LogP) is 3.19. The fourth-order valence-electron chi connectivity index (χ4n) is 2.69. The van der Waals surface area contributed by atoms with Crippen LogP contribution in [0.1, 0.15) is 44.7 Å². The van der Waals surface area contributed by atoms with E-state index in [1.54, 1.807) is 6.07 Å². The number of guanidine groups is 1. The number of aliphatic imine (C=N–C) groups is 1. The molecule has 0 heterocycles. The van der Waals surface area contributed by atoms with Crippen molar-refractivity contribution < 1.29 is 8.42 Å². The van der Waals surface area contributed by atoms with Crippen LogP contribution in [0.3, 0.4) is 0 Å². The molecule has 0 saturated carbocycles. The number of halogens is 1. The normalized spacial score (nSPS) is 12.2. The van der Waals surface area contributed by atoms with Crippen LogP contribution in [0, 0.1) is 6.92 Å². The second kappa shape index (κ2) is 13.4. The Labute approximate surface area is 188 Å². The van der Waals surface area contributed by atoms with Crippen molar-refractivity contribution in [3.05, 3.63) is 29.3 Å². The standard InChI is InChI=1S/C20H36N4O2S.HI/c1-7-21-20(22-12-8-9-13-24(5)16(2)3)23-15-18-10-11-19(17(4)14-18)27(6,25)26;/h10-11,14,16H,7-9,12-13,15H2,1-6H3,(H2,21,22,23);1H. The minimum atomic E-state index is -3.18. The van der Waals surface area contributed by atoms with Crippen molar-refractivity contribution in [3.63, 3.8) is 0 Å². The van der Waals surface area contributed by atoms with E-state index in [0.717, 1.165) is 49.6 Å². The van der Waals surface area contributed by atoms with Crippen LogP contribution in [0.4, 0.5) is 0 Å². The number of rotatable bonds is 10. The summed E-state index contributed by atoms with van der Waals surface area (Å²) in [6, 6.07) is 5.97. The molecule has 0 bridgehead atoms. The zero-order valence-electron chi connectivity index (χ0n) is 18.1. The lowest BCUT2D eigenvalue weighted by Gasteiger charge is -2.20. The van der Waals surface area contributed by atoms with Gasteiger partial charge in [0, 0.05) is 25.4 Å². The predicted molar refractivity (Wildman–Crippen MR) is 130 cm³/mol. The number of benzene rings is 1. The van der Waals surface area contributed by atoms with Gasteiger partial charge in [-0.15, -0.1) is 24.0 Å². The van der Waals surface area contributed by atoms with Gasteiger partial charge in [-0.3, -0.25) is 0 Å². The van der Waals surface area contributed by atoms with E-state index in [0.29, 0.717) is 17.5 Å². The van der Waals surface area contributed by atoms with E-state index in [1.807, 2.05) is 26.0 Å². The summed E-state index contributed by atoms with van der Waals surface area (Å²) in [6.07, 6.45) is 3.47. The molecule has 2 N–H and O–H groups in total. The molecule has 0 fully saturated rings. The molecular weight excluding hydrogens is 487 g/mol. The fraction of sp³-hybridized carbons (Fsp3) is 0.650. The summed E-state index contributed by atoms with van der Waals surface area (Å²) in [4.78, 5) is 7.34. The van der Waals surface area contributed by atoms with Gasteiger partial charge in [0.1, 0.15) is 0 Å². The van der Waals surface area contributed by atoms with Crippen molar-refractivity contribution in [1.29, 1.82) is 0 Å². The highest BCUT2D eigenvalue weighted by Crippen LogP contribution is 2.17. The fourth-order valence-corrected chi connectivity index (χ4v) is 3.65. The first kappa shape index (κ1) is 27.1. The van der Waals surface area contributed by atoms with Gasteiger partial charge >= 0.3 is 0 Å². The van der Waals surface area contributed by atoms with Gasteiger partial charge in [-0.2, -0.15) is 0 Å². The second-order valence-electron chi connectivity index (χ2n) is 7.28. The van der Waals surface area contributed by atoms with E-state index in [-0.39, 0.29) is 24.0 Å². The Balaban J connectivity index is 0.00000729. The SMILES string of the molecule is CCNC(=NCc1ccc(S(C)(=O)=O)c(C)c1)NCCCCN(C)C(C)C.I. The molecule has 1 aromatic rings. The summed E-state index contributed by atoms with van der Waals surface area (Å²) >= 11 is 0. The number of hydrogen-bond donors (Lipinski definition) is 2. The lowest BCUT2D eigenvalue weighted by molar-refractivity contribution is 0.268. The number of hydrogen-bond acceptors (Lipinski definition) is 4. The molecule has 0 aromatic heterocycles. The molecule has 28 heavy (non-hydrogen) atoms. The van der Waals surface area contributed by atoms with E-state index < -0.39 is 9.84 Å². The van der Waals surface area contributed by atoms with Crippen LogP contribution in [0.5, 0.6) is 0 Å². The minimum Gasteiger partial charge on any atom is -0.357 e. The Hall–Kier alpha value is -0.870. The van der Waals surface area contributed by atoms with Gasteiger partial charge in [-0.25, -0.2) is 13.4 Å². The Morgan fingerprint density at radius 1 is 1.21 bits per heavy atom. The van der Waals surface area contributed by atoms with E-state index in [9.17, 15) is 8.42 Å². The van der Waals surface area contributed by atoms with Gasteiger partial charge in [-0.1, -0.05) is 12.1 Å². The second-order valence-corrected chi connectivity index (χ2v) is 9.26. The van der Waals surface area contributed by atoms with Crippen LogP contribution in [0.15, 0.2) is 28.1 Å². The molecule has 0 radical (unpaired) electrons. The third kappa shape index (κ3) is 10.1. The van der Waals surface area contributed by atoms with Crippen LogP contribution in [-0.4, -0.2) is 58.3 Å². The summed E-state index contributed by atoms with van der Waals surface area (Å²) in [5.74, 6) is 0.791. The van der Waals surface area contributed by atoms with Gasteiger partial charge < -0.3 is 15.5 Å². The first-order valence-electron chi connectivity index (χ1n) is 9.67. The Bertz CT molecular complexity index is 721. The first-order chi connectivity index (χ1) is 12.6. The third-order valence-electron chi connectivity index (χ3n) is 4.51. The lowest BCUT2D eigenvalue weighted by atomic mass is 10.1. The molecular formula is C20H37IN4O2S. The zero-order chi connectivity index (χ0) is 20.4. The van der Waals surface area contributed by atoms with Crippen molar-refractivity contribution in [1.82, 2.24) is 15.5 Å². The van der Waals surface area contributed by atoms with Crippen LogP contribution in [0.25, 0.3) is 0 Å². The van der Waals surface area contributed by atoms with E-state index >= 15 is 0 Å². The van der Waals surface area contributed by atoms with Gasteiger partial charge in [0.05, 0.1) is 11.4 Å². The summed E-state index contributed by atoms with van der Waals surface area (Å²) in [7, 11) is -1.03. The molecule has 0 saturated heterocycles. The maximum Gasteiger partial charge on any atom is 0.191 e. The minimum absolute atomic E-state index is 0. The van der Waals surface area contributed by atoms with E-state index in [4.69, 9.17) is 0 Å². The molecule has 6 nitrogen and oxygen atoms in total. The molecule has 1 rings (SSSR count). The highest BCUT2D eigenvalue weighted by Gasteiger charge is 2.10. The number of nitrogens with one attached hydrogen (secondary N) is 2. The molecule has 0 aliphatic rings. The topological polar surface area (TPSA) is 73.8 Å². The van der Waals surface area contributed by atoms with Gasteiger partial charge in [0.15, 0.2) is 15.8 Å². The Morgan fingerprint density at radius 3 is 2.43 bits per heavy atom. The molecule has 0 spiro atoms. The zero-order valence-corrected chi connectivity index (χ0v) is 21.2. The lowest BCUT2D eigenvalue weighted by Crippen LogP contribution is -2.38. The summed E-state index contributed by atoms with van der Waals surface area (Å²) < 4.78 is 23.4. The van der Waals surface area contributed by atoms with Crippen LogP contribution in [-0.2, 0) is 16.4 Å². The van der Waals surface area contributed by atoms with Crippen molar-refractivity contribution >= 4 is 39.8 Å². The molecule has 8 heteroatoms. The summed E-state index contributed by atoms with van der Waals surface area (Å²) in [5, 5.41) is 6.62. The molecule has 1 aromatic carbocycles. The molecule has 0 amide bonds. The van der Waals surface area contributed by atoms with Gasteiger partial charge in [0.2, 0.25) is 0 Å². The molecule has 0 atom stereocenters. The Morgan fingerprint density at radius 2 is 1.89 bits per heavy atom. The Kier molecular flexibility index (Phi) is 13.0. The van der Waals surface area contributed by atoms with Crippen molar-refractivity contribution in [3.8, 4) is 0 Å². The third-order valence-corrected chi connectivity index (χ3v) is 5.77.